The van der Waals surface area contributed by atoms with Crippen molar-refractivity contribution in [2.45, 2.75) is 25.8 Å². The predicted octanol–water partition coefficient (Wildman–Crippen LogP) is 2.74. The number of carbonyl (C=O) groups is 2. The molecule has 20 heavy (non-hydrogen) atoms. The van der Waals surface area contributed by atoms with Gasteiger partial charge in [0, 0.05) is 6.42 Å². The van der Waals surface area contributed by atoms with Gasteiger partial charge in [-0.05, 0) is 25.5 Å². The number of carboxylic acid groups (broad SMARTS) is 1. The number of benzene rings is 1. The summed E-state index contributed by atoms with van der Waals surface area (Å²) in [6.45, 7) is 1.69. The van der Waals surface area contributed by atoms with Crippen molar-refractivity contribution in [2.75, 3.05) is 6.61 Å². The van der Waals surface area contributed by atoms with E-state index in [1.54, 1.807) is 18.2 Å². The summed E-state index contributed by atoms with van der Waals surface area (Å²) in [5.41, 5.74) is 0. The van der Waals surface area contributed by atoms with Gasteiger partial charge in [0.2, 0.25) is 5.91 Å². The van der Waals surface area contributed by atoms with E-state index in [1.807, 2.05) is 0 Å². The summed E-state index contributed by atoms with van der Waals surface area (Å²) in [7, 11) is 0. The van der Waals surface area contributed by atoms with Gasteiger partial charge in [0.25, 0.3) is 0 Å². The van der Waals surface area contributed by atoms with Crippen LogP contribution in [0.25, 0.3) is 0 Å². The summed E-state index contributed by atoms with van der Waals surface area (Å²) in [6, 6.07) is 4.15. The minimum atomic E-state index is -1.07. The molecule has 0 aliphatic heterocycles. The molecule has 0 unspecified atom stereocenters. The fourth-order valence-electron chi connectivity index (χ4n) is 1.39. The van der Waals surface area contributed by atoms with E-state index in [9.17, 15) is 9.59 Å². The van der Waals surface area contributed by atoms with Crippen molar-refractivity contribution >= 4 is 35.1 Å². The van der Waals surface area contributed by atoms with Gasteiger partial charge in [-0.15, -0.1) is 0 Å². The molecule has 0 radical (unpaired) electrons. The predicted molar refractivity (Wildman–Crippen MR) is 76.4 cm³/mol. The Bertz CT molecular complexity index is 493. The first kappa shape index (κ1) is 16.6. The molecule has 1 atom stereocenters. The van der Waals surface area contributed by atoms with Gasteiger partial charge < -0.3 is 15.2 Å². The molecule has 0 aliphatic rings. The van der Waals surface area contributed by atoms with Gasteiger partial charge in [0.1, 0.15) is 16.8 Å². The van der Waals surface area contributed by atoms with Gasteiger partial charge in [-0.1, -0.05) is 29.3 Å². The van der Waals surface area contributed by atoms with E-state index in [1.165, 1.54) is 6.92 Å². The smallest absolute Gasteiger partial charge is 0.325 e. The molecule has 0 heterocycles. The Morgan fingerprint density at radius 2 is 2.10 bits per heavy atom. The molecule has 7 heteroatoms. The number of hydrogen-bond acceptors (Lipinski definition) is 3. The van der Waals surface area contributed by atoms with Crippen molar-refractivity contribution in [2.24, 2.45) is 0 Å². The van der Waals surface area contributed by atoms with Crippen LogP contribution < -0.4 is 10.1 Å². The third-order valence-electron chi connectivity index (χ3n) is 2.47. The zero-order valence-electron chi connectivity index (χ0n) is 10.9. The molecule has 110 valence electrons. The monoisotopic (exact) mass is 319 g/mol. The zero-order chi connectivity index (χ0) is 15.1. The van der Waals surface area contributed by atoms with E-state index in [4.69, 9.17) is 33.0 Å². The van der Waals surface area contributed by atoms with Crippen LogP contribution in [0.1, 0.15) is 19.8 Å². The van der Waals surface area contributed by atoms with Crippen molar-refractivity contribution in [1.82, 2.24) is 5.32 Å². The van der Waals surface area contributed by atoms with Gasteiger partial charge in [-0.2, -0.15) is 0 Å². The molecule has 0 aromatic heterocycles. The molecular weight excluding hydrogens is 305 g/mol. The SMILES string of the molecule is C[C@@H](NC(=O)CCCOc1cccc(Cl)c1Cl)C(=O)O. The quantitative estimate of drug-likeness (QED) is 0.758. The molecule has 0 saturated carbocycles. The van der Waals surface area contributed by atoms with Crippen LogP contribution >= 0.6 is 23.2 Å². The highest BCUT2D eigenvalue weighted by Crippen LogP contribution is 2.31. The van der Waals surface area contributed by atoms with Crippen molar-refractivity contribution in [3.05, 3.63) is 28.2 Å². The molecule has 0 spiro atoms. The minimum Gasteiger partial charge on any atom is -0.492 e. The minimum absolute atomic E-state index is 0.176. The first-order valence-electron chi connectivity index (χ1n) is 6.00. The third-order valence-corrected chi connectivity index (χ3v) is 3.27. The zero-order valence-corrected chi connectivity index (χ0v) is 12.4. The maximum Gasteiger partial charge on any atom is 0.325 e. The van der Waals surface area contributed by atoms with E-state index in [0.29, 0.717) is 22.2 Å². The highest BCUT2D eigenvalue weighted by Gasteiger charge is 2.13. The molecule has 1 aromatic rings. The van der Waals surface area contributed by atoms with Crippen molar-refractivity contribution in [1.29, 1.82) is 0 Å². The van der Waals surface area contributed by atoms with Crippen LogP contribution in [0.3, 0.4) is 0 Å². The number of carbonyl (C=O) groups excluding carboxylic acids is 1. The Morgan fingerprint density at radius 3 is 2.75 bits per heavy atom. The maximum atomic E-state index is 11.4. The normalized spacial score (nSPS) is 11.8. The van der Waals surface area contributed by atoms with E-state index >= 15 is 0 Å². The van der Waals surface area contributed by atoms with Crippen LogP contribution in [0.2, 0.25) is 10.0 Å². The first-order chi connectivity index (χ1) is 9.41. The highest BCUT2D eigenvalue weighted by molar-refractivity contribution is 6.42. The lowest BCUT2D eigenvalue weighted by atomic mass is 10.2. The lowest BCUT2D eigenvalue weighted by molar-refractivity contribution is -0.141. The Hall–Kier alpha value is -1.46. The molecule has 1 aromatic carbocycles. The number of rotatable bonds is 7. The van der Waals surface area contributed by atoms with Gasteiger partial charge >= 0.3 is 5.97 Å². The van der Waals surface area contributed by atoms with Crippen LogP contribution in [0, 0.1) is 0 Å². The number of aliphatic carboxylic acids is 1. The molecule has 1 rings (SSSR count). The van der Waals surface area contributed by atoms with Crippen LogP contribution in [-0.4, -0.2) is 29.6 Å². The molecule has 2 N–H and O–H groups in total. The first-order valence-corrected chi connectivity index (χ1v) is 6.76. The van der Waals surface area contributed by atoms with Crippen molar-refractivity contribution in [3.63, 3.8) is 0 Å². The second-order valence-electron chi connectivity index (χ2n) is 4.13. The van der Waals surface area contributed by atoms with Gasteiger partial charge in [0.05, 0.1) is 11.6 Å². The molecule has 0 saturated heterocycles. The summed E-state index contributed by atoms with van der Waals surface area (Å²) < 4.78 is 5.41. The highest BCUT2D eigenvalue weighted by atomic mass is 35.5. The summed E-state index contributed by atoms with van der Waals surface area (Å²) in [6.07, 6.45) is 0.622. The van der Waals surface area contributed by atoms with E-state index < -0.39 is 12.0 Å². The average Bonchev–Trinajstić information content (AvgIpc) is 2.39. The van der Waals surface area contributed by atoms with Crippen molar-refractivity contribution in [3.8, 4) is 5.75 Å². The summed E-state index contributed by atoms with van der Waals surface area (Å²) in [4.78, 5) is 22.0. The standard InChI is InChI=1S/C13H15Cl2NO4/c1-8(13(18)19)16-11(17)6-3-7-20-10-5-2-4-9(14)12(10)15/h2,4-5,8H,3,6-7H2,1H3,(H,16,17)(H,18,19)/t8-/m1/s1. The third kappa shape index (κ3) is 5.27. The number of amides is 1. The van der Waals surface area contributed by atoms with E-state index in [2.05, 4.69) is 5.32 Å². The summed E-state index contributed by atoms with van der Waals surface area (Å²) in [5, 5.41) is 11.7. The lowest BCUT2D eigenvalue weighted by Crippen LogP contribution is -2.38. The molecule has 0 bridgehead atoms. The fourth-order valence-corrected chi connectivity index (χ4v) is 1.73. The Morgan fingerprint density at radius 1 is 1.40 bits per heavy atom. The molecule has 5 nitrogen and oxygen atoms in total. The topological polar surface area (TPSA) is 75.6 Å². The fraction of sp³-hybridized carbons (Fsp3) is 0.385. The Balaban J connectivity index is 2.30. The Kier molecular flexibility index (Phi) is 6.61. The van der Waals surface area contributed by atoms with Crippen molar-refractivity contribution < 1.29 is 19.4 Å². The second kappa shape index (κ2) is 7.97. The molecular formula is C13H15Cl2NO4. The van der Waals surface area contributed by atoms with Gasteiger partial charge in [-0.25, -0.2) is 0 Å². The number of hydrogen-bond donors (Lipinski definition) is 2. The van der Waals surface area contributed by atoms with Crippen LogP contribution in [0.15, 0.2) is 18.2 Å². The maximum absolute atomic E-state index is 11.4. The van der Waals surface area contributed by atoms with Crippen LogP contribution in [0.4, 0.5) is 0 Å². The van der Waals surface area contributed by atoms with Crippen LogP contribution in [-0.2, 0) is 9.59 Å². The summed E-state index contributed by atoms with van der Waals surface area (Å²) in [5.74, 6) is -0.945. The molecule has 0 fully saturated rings. The summed E-state index contributed by atoms with van der Waals surface area (Å²) >= 11 is 11.8. The number of halogens is 2. The lowest BCUT2D eigenvalue weighted by Gasteiger charge is -2.10. The largest absolute Gasteiger partial charge is 0.492 e. The van der Waals surface area contributed by atoms with E-state index in [-0.39, 0.29) is 18.9 Å². The molecule has 0 aliphatic carbocycles. The average molecular weight is 320 g/mol. The van der Waals surface area contributed by atoms with Gasteiger partial charge in [-0.3, -0.25) is 9.59 Å². The number of ether oxygens (including phenoxy) is 1. The number of nitrogens with one attached hydrogen (secondary N) is 1. The second-order valence-corrected chi connectivity index (χ2v) is 4.92. The van der Waals surface area contributed by atoms with Crippen LogP contribution in [0.5, 0.6) is 5.75 Å². The molecule has 1 amide bonds. The Labute approximate surface area is 126 Å². The van der Waals surface area contributed by atoms with E-state index in [0.717, 1.165) is 0 Å². The number of carboxylic acids is 1. The van der Waals surface area contributed by atoms with Gasteiger partial charge in [0.15, 0.2) is 0 Å².